The summed E-state index contributed by atoms with van der Waals surface area (Å²) >= 11 is 1.53. The van der Waals surface area contributed by atoms with Crippen LogP contribution in [0.25, 0.3) is 0 Å². The summed E-state index contributed by atoms with van der Waals surface area (Å²) in [4.78, 5) is 0. The summed E-state index contributed by atoms with van der Waals surface area (Å²) in [7, 11) is 0. The van der Waals surface area contributed by atoms with Crippen LogP contribution < -0.4 is 4.72 Å². The van der Waals surface area contributed by atoms with E-state index in [1.807, 2.05) is 6.26 Å². The van der Waals surface area contributed by atoms with Crippen molar-refractivity contribution < 1.29 is 0 Å². The molecule has 0 spiro atoms. The normalized spacial score (nSPS) is 10.0. The molecule has 0 heterocycles. The van der Waals surface area contributed by atoms with E-state index < -0.39 is 0 Å². The third-order valence-corrected chi connectivity index (χ3v) is 0.949. The zero-order chi connectivity index (χ0) is 4.99. The van der Waals surface area contributed by atoms with Crippen LogP contribution in [0.1, 0.15) is 13.8 Å². The molecule has 0 fully saturated rings. The maximum Gasteiger partial charge on any atom is 0.0312 e. The van der Waals surface area contributed by atoms with E-state index in [4.69, 9.17) is 0 Å². The molecule has 2 heteroatoms. The SMILES string of the molecule is CS[N]C(C)C. The molecule has 37 valence electrons. The van der Waals surface area contributed by atoms with Crippen molar-refractivity contribution in [1.82, 2.24) is 4.72 Å². The molecule has 0 saturated heterocycles. The second-order valence-electron chi connectivity index (χ2n) is 1.38. The zero-order valence-corrected chi connectivity index (χ0v) is 5.25. The smallest absolute Gasteiger partial charge is 0.0312 e. The fourth-order valence-corrected chi connectivity index (χ4v) is 0.632. The molecule has 0 unspecified atom stereocenters. The minimum Gasteiger partial charge on any atom is -0.173 e. The van der Waals surface area contributed by atoms with Crippen molar-refractivity contribution in [3.8, 4) is 0 Å². The first-order valence-corrected chi connectivity index (χ1v) is 3.19. The van der Waals surface area contributed by atoms with Gasteiger partial charge < -0.3 is 0 Å². The van der Waals surface area contributed by atoms with Crippen LogP contribution in [0.15, 0.2) is 0 Å². The fraction of sp³-hybridized carbons (Fsp3) is 1.00. The average molecular weight is 104 g/mol. The lowest BCUT2D eigenvalue weighted by Crippen LogP contribution is -2.04. The lowest BCUT2D eigenvalue weighted by molar-refractivity contribution is 0.762. The Bertz CT molecular complexity index is 28.7. The van der Waals surface area contributed by atoms with Gasteiger partial charge in [-0.25, -0.2) is 0 Å². The molecule has 0 aliphatic heterocycles. The van der Waals surface area contributed by atoms with Crippen LogP contribution in [0.5, 0.6) is 0 Å². The summed E-state index contributed by atoms with van der Waals surface area (Å²) in [6.45, 7) is 4.13. The fourth-order valence-electron chi connectivity index (χ4n) is 0.211. The second kappa shape index (κ2) is 3.50. The minimum absolute atomic E-state index is 0.486. The van der Waals surface area contributed by atoms with E-state index in [1.165, 1.54) is 11.9 Å². The molecule has 0 aliphatic rings. The van der Waals surface area contributed by atoms with E-state index in [2.05, 4.69) is 18.6 Å². The van der Waals surface area contributed by atoms with Crippen molar-refractivity contribution in [3.05, 3.63) is 0 Å². The van der Waals surface area contributed by atoms with Gasteiger partial charge in [-0.3, -0.25) is 0 Å². The Hall–Kier alpha value is 0.310. The molecule has 0 aliphatic carbocycles. The highest BCUT2D eigenvalue weighted by Crippen LogP contribution is 1.89. The first-order valence-electron chi connectivity index (χ1n) is 2.00. The van der Waals surface area contributed by atoms with Crippen LogP contribution in [0.2, 0.25) is 0 Å². The van der Waals surface area contributed by atoms with Gasteiger partial charge in [-0.15, -0.1) is 0 Å². The average Bonchev–Trinajstić information content (AvgIpc) is 1.35. The molecule has 1 nitrogen and oxygen atoms in total. The molecule has 6 heavy (non-hydrogen) atoms. The highest BCUT2D eigenvalue weighted by atomic mass is 32.2. The van der Waals surface area contributed by atoms with Crippen molar-refractivity contribution in [1.29, 1.82) is 0 Å². The van der Waals surface area contributed by atoms with Crippen LogP contribution in [0.4, 0.5) is 0 Å². The number of hydrogen-bond acceptors (Lipinski definition) is 1. The molecule has 1 radical (unpaired) electrons. The molecule has 0 aromatic rings. The lowest BCUT2D eigenvalue weighted by Gasteiger charge is -1.96. The molecule has 0 aromatic heterocycles. The van der Waals surface area contributed by atoms with E-state index in [-0.39, 0.29) is 0 Å². The Morgan fingerprint density at radius 2 is 2.00 bits per heavy atom. The molecule has 0 atom stereocenters. The van der Waals surface area contributed by atoms with Crippen molar-refractivity contribution in [2.75, 3.05) is 6.26 Å². The van der Waals surface area contributed by atoms with E-state index in [9.17, 15) is 0 Å². The first-order chi connectivity index (χ1) is 2.77. The lowest BCUT2D eigenvalue weighted by atomic mass is 10.4. The van der Waals surface area contributed by atoms with Crippen LogP contribution in [0.3, 0.4) is 0 Å². The molecule has 0 N–H and O–H groups in total. The molecule has 0 amide bonds. The van der Waals surface area contributed by atoms with E-state index in [0.29, 0.717) is 6.04 Å². The number of nitrogens with zero attached hydrogens (tertiary/aromatic N) is 1. The molecule has 0 bridgehead atoms. The first kappa shape index (κ1) is 6.31. The Morgan fingerprint density at radius 3 is 2.00 bits per heavy atom. The summed E-state index contributed by atoms with van der Waals surface area (Å²) in [6, 6.07) is 0.486. The van der Waals surface area contributed by atoms with Gasteiger partial charge in [-0.05, 0) is 20.1 Å². The third kappa shape index (κ3) is 4.31. The highest BCUT2D eigenvalue weighted by molar-refractivity contribution is 7.96. The van der Waals surface area contributed by atoms with E-state index in [1.54, 1.807) is 0 Å². The largest absolute Gasteiger partial charge is 0.173 e. The Balaban J connectivity index is 2.63. The Labute approximate surface area is 43.6 Å². The molecule has 0 rings (SSSR count). The van der Waals surface area contributed by atoms with E-state index in [0.717, 1.165) is 0 Å². The summed E-state index contributed by atoms with van der Waals surface area (Å²) < 4.78 is 4.04. The monoisotopic (exact) mass is 104 g/mol. The van der Waals surface area contributed by atoms with Gasteiger partial charge in [0.05, 0.1) is 0 Å². The van der Waals surface area contributed by atoms with Gasteiger partial charge in [0.25, 0.3) is 0 Å². The van der Waals surface area contributed by atoms with Crippen LogP contribution in [-0.4, -0.2) is 12.3 Å². The third-order valence-electron chi connectivity index (χ3n) is 0.316. The van der Waals surface area contributed by atoms with Gasteiger partial charge in [-0.2, -0.15) is 4.72 Å². The van der Waals surface area contributed by atoms with Crippen molar-refractivity contribution in [2.24, 2.45) is 0 Å². The maximum absolute atomic E-state index is 4.04. The zero-order valence-electron chi connectivity index (χ0n) is 4.43. The maximum atomic E-state index is 4.04. The predicted molar refractivity (Wildman–Crippen MR) is 30.8 cm³/mol. The van der Waals surface area contributed by atoms with Crippen molar-refractivity contribution in [3.63, 3.8) is 0 Å². The van der Waals surface area contributed by atoms with E-state index >= 15 is 0 Å². The van der Waals surface area contributed by atoms with Gasteiger partial charge in [0.15, 0.2) is 0 Å². The van der Waals surface area contributed by atoms with Crippen molar-refractivity contribution >= 4 is 11.9 Å². The number of hydrogen-bond donors (Lipinski definition) is 0. The van der Waals surface area contributed by atoms with Crippen LogP contribution in [-0.2, 0) is 0 Å². The van der Waals surface area contributed by atoms with Crippen LogP contribution in [0, 0.1) is 0 Å². The van der Waals surface area contributed by atoms with Crippen LogP contribution >= 0.6 is 11.9 Å². The molecular formula is C4H10NS. The van der Waals surface area contributed by atoms with Gasteiger partial charge in [0.2, 0.25) is 0 Å². The summed E-state index contributed by atoms with van der Waals surface area (Å²) in [5, 5.41) is 0. The Kier molecular flexibility index (Phi) is 3.68. The minimum atomic E-state index is 0.486. The van der Waals surface area contributed by atoms with Gasteiger partial charge >= 0.3 is 0 Å². The summed E-state index contributed by atoms with van der Waals surface area (Å²) in [5.41, 5.74) is 0. The van der Waals surface area contributed by atoms with Gasteiger partial charge in [0.1, 0.15) is 0 Å². The topological polar surface area (TPSA) is 14.1 Å². The predicted octanol–water partition coefficient (Wildman–Crippen LogP) is 1.28. The van der Waals surface area contributed by atoms with Gasteiger partial charge in [0, 0.05) is 6.04 Å². The quantitative estimate of drug-likeness (QED) is 0.481. The molecule has 0 saturated carbocycles. The highest BCUT2D eigenvalue weighted by Gasteiger charge is 1.86. The summed E-state index contributed by atoms with van der Waals surface area (Å²) in [6.07, 6.45) is 1.97. The van der Waals surface area contributed by atoms with Gasteiger partial charge in [-0.1, -0.05) is 11.9 Å². The summed E-state index contributed by atoms with van der Waals surface area (Å²) in [5.74, 6) is 0. The standard InChI is InChI=1S/C4H10NS/c1-4(2)5-6-3/h4H,1-3H3. The Morgan fingerprint density at radius 1 is 1.50 bits per heavy atom. The molecular weight excluding hydrogens is 94.1 g/mol. The molecule has 0 aromatic carbocycles. The van der Waals surface area contributed by atoms with Crippen molar-refractivity contribution in [2.45, 2.75) is 19.9 Å². The number of rotatable bonds is 2. The second-order valence-corrected chi connectivity index (χ2v) is 1.96.